The molecule has 80 valence electrons. The van der Waals surface area contributed by atoms with Gasteiger partial charge in [-0.3, -0.25) is 4.79 Å². The van der Waals surface area contributed by atoms with Gasteiger partial charge in [-0.05, 0) is 23.6 Å². The summed E-state index contributed by atoms with van der Waals surface area (Å²) in [7, 11) is 0. The Morgan fingerprint density at radius 1 is 1.25 bits per heavy atom. The second kappa shape index (κ2) is 3.64. The van der Waals surface area contributed by atoms with Crippen molar-refractivity contribution < 1.29 is 14.3 Å². The van der Waals surface area contributed by atoms with Crippen LogP contribution in [0.3, 0.4) is 0 Å². The summed E-state index contributed by atoms with van der Waals surface area (Å²) in [5.41, 5.74) is 1.53. The zero-order chi connectivity index (χ0) is 11.0. The fourth-order valence-corrected chi connectivity index (χ4v) is 2.47. The van der Waals surface area contributed by atoms with Gasteiger partial charge in [-0.2, -0.15) is 0 Å². The van der Waals surface area contributed by atoms with Gasteiger partial charge >= 0.3 is 0 Å². The molecule has 4 heteroatoms. The molecular formula is C12H8O3S. The van der Waals surface area contributed by atoms with Gasteiger partial charge in [-0.1, -0.05) is 6.07 Å². The molecule has 0 unspecified atom stereocenters. The van der Waals surface area contributed by atoms with Crippen LogP contribution in [0.4, 0.5) is 0 Å². The lowest BCUT2D eigenvalue weighted by Gasteiger charge is -2.04. The van der Waals surface area contributed by atoms with Crippen molar-refractivity contribution in [3.8, 4) is 21.9 Å². The van der Waals surface area contributed by atoms with Gasteiger partial charge in [0, 0.05) is 16.0 Å². The Morgan fingerprint density at radius 3 is 2.75 bits per heavy atom. The number of rotatable bonds is 2. The van der Waals surface area contributed by atoms with Gasteiger partial charge in [-0.25, -0.2) is 0 Å². The molecule has 0 radical (unpaired) electrons. The standard InChI is InChI=1S/C12H8O3S/c13-6-8-4-10-11(15-7-14-10)5-9(8)12-2-1-3-16-12/h1-6H,7H2. The first kappa shape index (κ1) is 9.42. The van der Waals surface area contributed by atoms with Crippen LogP contribution in [0.1, 0.15) is 10.4 Å². The number of aldehydes is 1. The first-order valence-corrected chi connectivity index (χ1v) is 5.69. The summed E-state index contributed by atoms with van der Waals surface area (Å²) in [6.07, 6.45) is 0.844. The molecule has 1 aromatic carbocycles. The van der Waals surface area contributed by atoms with Crippen molar-refractivity contribution in [1.82, 2.24) is 0 Å². The van der Waals surface area contributed by atoms with E-state index in [-0.39, 0.29) is 6.79 Å². The fraction of sp³-hybridized carbons (Fsp3) is 0.0833. The normalized spacial score (nSPS) is 12.8. The summed E-state index contributed by atoms with van der Waals surface area (Å²) in [6.45, 7) is 0.224. The highest BCUT2D eigenvalue weighted by molar-refractivity contribution is 7.13. The van der Waals surface area contributed by atoms with Crippen molar-refractivity contribution >= 4 is 17.6 Å². The lowest BCUT2D eigenvalue weighted by atomic mass is 10.1. The molecule has 1 aliphatic rings. The highest BCUT2D eigenvalue weighted by Gasteiger charge is 2.18. The Morgan fingerprint density at radius 2 is 2.06 bits per heavy atom. The van der Waals surface area contributed by atoms with E-state index >= 15 is 0 Å². The summed E-state index contributed by atoms with van der Waals surface area (Å²) < 4.78 is 10.5. The molecule has 0 aliphatic carbocycles. The Balaban J connectivity index is 2.20. The van der Waals surface area contributed by atoms with Gasteiger partial charge in [0.15, 0.2) is 17.8 Å². The van der Waals surface area contributed by atoms with Gasteiger partial charge in [0.05, 0.1) is 0 Å². The van der Waals surface area contributed by atoms with Crippen molar-refractivity contribution in [3.05, 3.63) is 35.2 Å². The summed E-state index contributed by atoms with van der Waals surface area (Å²) in [6, 6.07) is 7.52. The topological polar surface area (TPSA) is 35.5 Å². The zero-order valence-electron chi connectivity index (χ0n) is 8.30. The number of benzene rings is 1. The number of hydrogen-bond acceptors (Lipinski definition) is 4. The first-order valence-electron chi connectivity index (χ1n) is 4.81. The van der Waals surface area contributed by atoms with E-state index in [0.29, 0.717) is 17.1 Å². The molecule has 16 heavy (non-hydrogen) atoms. The predicted molar refractivity (Wildman–Crippen MR) is 61.3 cm³/mol. The van der Waals surface area contributed by atoms with Crippen molar-refractivity contribution in [3.63, 3.8) is 0 Å². The van der Waals surface area contributed by atoms with E-state index in [4.69, 9.17) is 9.47 Å². The van der Waals surface area contributed by atoms with E-state index in [1.807, 2.05) is 23.6 Å². The average molecular weight is 232 g/mol. The highest BCUT2D eigenvalue weighted by atomic mass is 32.1. The monoisotopic (exact) mass is 232 g/mol. The van der Waals surface area contributed by atoms with E-state index in [9.17, 15) is 4.79 Å². The zero-order valence-corrected chi connectivity index (χ0v) is 9.12. The van der Waals surface area contributed by atoms with Gasteiger partial charge in [-0.15, -0.1) is 11.3 Å². The number of carbonyl (C=O) groups excluding carboxylic acids is 1. The smallest absolute Gasteiger partial charge is 0.231 e. The Bertz CT molecular complexity index is 531. The number of thiophene rings is 1. The second-order valence-corrected chi connectivity index (χ2v) is 4.34. The van der Waals surface area contributed by atoms with Gasteiger partial charge in [0.2, 0.25) is 6.79 Å². The van der Waals surface area contributed by atoms with E-state index < -0.39 is 0 Å². The molecule has 0 saturated carbocycles. The first-order chi connectivity index (χ1) is 7.88. The van der Waals surface area contributed by atoms with Gasteiger partial charge < -0.3 is 9.47 Å². The van der Waals surface area contributed by atoms with Crippen molar-refractivity contribution in [1.29, 1.82) is 0 Å². The third-order valence-electron chi connectivity index (χ3n) is 2.46. The molecule has 0 N–H and O–H groups in total. The molecule has 0 spiro atoms. The number of ether oxygens (including phenoxy) is 2. The molecule has 2 heterocycles. The molecule has 0 atom stereocenters. The van der Waals surface area contributed by atoms with Crippen LogP contribution in [0.25, 0.3) is 10.4 Å². The maximum Gasteiger partial charge on any atom is 0.231 e. The van der Waals surface area contributed by atoms with E-state index in [2.05, 4.69) is 0 Å². The molecule has 1 aliphatic heterocycles. The number of fused-ring (bicyclic) bond motifs is 1. The highest BCUT2D eigenvalue weighted by Crippen LogP contribution is 2.39. The minimum Gasteiger partial charge on any atom is -0.454 e. The van der Waals surface area contributed by atoms with Crippen molar-refractivity contribution in [2.45, 2.75) is 0 Å². The maximum atomic E-state index is 11.0. The Hall–Kier alpha value is -1.81. The molecular weight excluding hydrogens is 224 g/mol. The second-order valence-electron chi connectivity index (χ2n) is 3.39. The van der Waals surface area contributed by atoms with Crippen LogP contribution in [0.15, 0.2) is 29.6 Å². The van der Waals surface area contributed by atoms with Crippen LogP contribution >= 0.6 is 11.3 Å². The Labute approximate surface area is 96.2 Å². The predicted octanol–water partition coefficient (Wildman–Crippen LogP) is 2.96. The molecule has 3 nitrogen and oxygen atoms in total. The maximum absolute atomic E-state index is 11.0. The van der Waals surface area contributed by atoms with Crippen LogP contribution in [-0.4, -0.2) is 13.1 Å². The van der Waals surface area contributed by atoms with Crippen LogP contribution in [-0.2, 0) is 0 Å². The van der Waals surface area contributed by atoms with Gasteiger partial charge in [0.25, 0.3) is 0 Å². The van der Waals surface area contributed by atoms with Crippen LogP contribution in [0.5, 0.6) is 11.5 Å². The van der Waals surface area contributed by atoms with Crippen LogP contribution in [0, 0.1) is 0 Å². The molecule has 3 rings (SSSR count). The quantitative estimate of drug-likeness (QED) is 0.747. The van der Waals surface area contributed by atoms with E-state index in [0.717, 1.165) is 16.7 Å². The fourth-order valence-electron chi connectivity index (χ4n) is 1.70. The van der Waals surface area contributed by atoms with Crippen molar-refractivity contribution in [2.24, 2.45) is 0 Å². The van der Waals surface area contributed by atoms with Crippen molar-refractivity contribution in [2.75, 3.05) is 6.79 Å². The largest absolute Gasteiger partial charge is 0.454 e. The SMILES string of the molecule is O=Cc1cc2c(cc1-c1cccs1)OCO2. The number of hydrogen-bond donors (Lipinski definition) is 0. The molecule has 0 bridgehead atoms. The lowest BCUT2D eigenvalue weighted by molar-refractivity contribution is 0.112. The molecule has 0 saturated heterocycles. The third kappa shape index (κ3) is 1.39. The Kier molecular flexibility index (Phi) is 2.15. The summed E-state index contributed by atoms with van der Waals surface area (Å²) in [5.74, 6) is 1.34. The average Bonchev–Trinajstić information content (AvgIpc) is 2.97. The molecule has 2 aromatic rings. The van der Waals surface area contributed by atoms with Gasteiger partial charge in [0.1, 0.15) is 0 Å². The van der Waals surface area contributed by atoms with Crippen LogP contribution in [0.2, 0.25) is 0 Å². The molecule has 0 amide bonds. The van der Waals surface area contributed by atoms with E-state index in [1.165, 1.54) is 0 Å². The lowest BCUT2D eigenvalue weighted by Crippen LogP contribution is -1.92. The van der Waals surface area contributed by atoms with Crippen LogP contribution < -0.4 is 9.47 Å². The summed E-state index contributed by atoms with van der Waals surface area (Å²) >= 11 is 1.60. The van der Waals surface area contributed by atoms with E-state index in [1.54, 1.807) is 17.4 Å². The minimum atomic E-state index is 0.224. The minimum absolute atomic E-state index is 0.224. The molecule has 0 fully saturated rings. The summed E-state index contributed by atoms with van der Waals surface area (Å²) in [4.78, 5) is 12.1. The summed E-state index contributed by atoms with van der Waals surface area (Å²) in [5, 5.41) is 1.98. The molecule has 1 aromatic heterocycles. The third-order valence-corrected chi connectivity index (χ3v) is 3.36. The number of carbonyl (C=O) groups is 1.